The first-order valence-electron chi connectivity index (χ1n) is 9.31. The maximum absolute atomic E-state index is 13.2. The molecule has 1 aliphatic rings. The van der Waals surface area contributed by atoms with Gasteiger partial charge in [0.2, 0.25) is 0 Å². The fourth-order valence-corrected chi connectivity index (χ4v) is 3.88. The van der Waals surface area contributed by atoms with Crippen molar-refractivity contribution in [1.82, 2.24) is 10.3 Å². The van der Waals surface area contributed by atoms with Crippen LogP contribution in [-0.4, -0.2) is 42.7 Å². The van der Waals surface area contributed by atoms with Crippen LogP contribution in [0.1, 0.15) is 23.5 Å². The molecular weight excluding hydrogens is 394 g/mol. The van der Waals surface area contributed by atoms with Crippen LogP contribution in [-0.2, 0) is 14.3 Å². The van der Waals surface area contributed by atoms with Crippen LogP contribution in [0.25, 0.3) is 16.8 Å². The number of benzene rings is 1. The highest BCUT2D eigenvalue weighted by atomic mass is 35.5. The molecule has 29 heavy (non-hydrogen) atoms. The summed E-state index contributed by atoms with van der Waals surface area (Å²) in [4.78, 5) is 28.9. The van der Waals surface area contributed by atoms with Crippen LogP contribution in [0, 0.1) is 0 Å². The molecule has 0 atom stereocenters. The van der Waals surface area contributed by atoms with Crippen molar-refractivity contribution in [2.75, 3.05) is 20.3 Å². The van der Waals surface area contributed by atoms with E-state index in [1.807, 2.05) is 36.4 Å². The van der Waals surface area contributed by atoms with Gasteiger partial charge in [-0.05, 0) is 24.3 Å². The van der Waals surface area contributed by atoms with Gasteiger partial charge in [0, 0.05) is 36.6 Å². The summed E-state index contributed by atoms with van der Waals surface area (Å²) in [5, 5.41) is 3.50. The number of ether oxygens (including phenoxy) is 2. The fraction of sp³-hybridized carbons (Fsp3) is 0.286. The number of hydrogen-bond acceptors (Lipinski definition) is 4. The van der Waals surface area contributed by atoms with Gasteiger partial charge in [0.15, 0.2) is 11.2 Å². The number of aromatic nitrogens is 2. The van der Waals surface area contributed by atoms with E-state index in [0.717, 1.165) is 16.8 Å². The zero-order valence-electron chi connectivity index (χ0n) is 15.9. The summed E-state index contributed by atoms with van der Waals surface area (Å²) in [6.07, 6.45) is 2.51. The quantitative estimate of drug-likeness (QED) is 0.507. The van der Waals surface area contributed by atoms with E-state index >= 15 is 0 Å². The molecule has 0 unspecified atom stereocenters. The molecule has 1 aromatic carbocycles. The molecule has 4 rings (SSSR count). The highest BCUT2D eigenvalue weighted by Gasteiger charge is 2.44. The van der Waals surface area contributed by atoms with Gasteiger partial charge in [-0.3, -0.25) is 4.79 Å². The van der Waals surface area contributed by atoms with Gasteiger partial charge in [0.1, 0.15) is 5.54 Å². The van der Waals surface area contributed by atoms with Crippen LogP contribution in [0.3, 0.4) is 0 Å². The molecule has 3 heterocycles. The molecule has 1 amide bonds. The van der Waals surface area contributed by atoms with Crippen molar-refractivity contribution in [2.45, 2.75) is 18.4 Å². The fourth-order valence-electron chi connectivity index (χ4n) is 3.69. The molecule has 0 spiro atoms. The number of carbonyl (C=O) groups is 2. The molecule has 1 aliphatic heterocycles. The molecular formula is C21H21ClN3O4+. The highest BCUT2D eigenvalue weighted by molar-refractivity contribution is 6.30. The second kappa shape index (κ2) is 7.85. The van der Waals surface area contributed by atoms with Crippen LogP contribution >= 0.6 is 11.6 Å². The summed E-state index contributed by atoms with van der Waals surface area (Å²) < 4.78 is 12.1. The number of pyridine rings is 1. The lowest BCUT2D eigenvalue weighted by molar-refractivity contribution is -0.514. The predicted molar refractivity (Wildman–Crippen MR) is 107 cm³/mol. The summed E-state index contributed by atoms with van der Waals surface area (Å²) in [6.45, 7) is 0.753. The number of nitrogens with zero attached hydrogens (tertiary/aromatic N) is 1. The average molecular weight is 415 g/mol. The molecule has 0 radical (unpaired) electrons. The number of methoxy groups -OCH3 is 1. The molecule has 7 nitrogen and oxygen atoms in total. The number of H-pyrrole nitrogens is 1. The monoisotopic (exact) mass is 414 g/mol. The Hall–Kier alpha value is -2.90. The third-order valence-electron chi connectivity index (χ3n) is 5.20. The second-order valence-electron chi connectivity index (χ2n) is 6.96. The summed E-state index contributed by atoms with van der Waals surface area (Å²) >= 11 is 6.15. The first-order chi connectivity index (χ1) is 14.0. The summed E-state index contributed by atoms with van der Waals surface area (Å²) in [5.74, 6) is -0.554. The topological polar surface area (TPSA) is 84.5 Å². The van der Waals surface area contributed by atoms with Crippen molar-refractivity contribution in [3.8, 4) is 11.3 Å². The number of esters is 1. The Bertz CT molecular complexity index is 1070. The van der Waals surface area contributed by atoms with E-state index in [2.05, 4.69) is 10.3 Å². The summed E-state index contributed by atoms with van der Waals surface area (Å²) in [6, 6.07) is 13.0. The molecule has 1 saturated heterocycles. The van der Waals surface area contributed by atoms with Gasteiger partial charge < -0.3 is 14.8 Å². The van der Waals surface area contributed by atoms with Crippen molar-refractivity contribution in [3.05, 3.63) is 59.5 Å². The summed E-state index contributed by atoms with van der Waals surface area (Å²) in [5.41, 5.74) is 1.33. The van der Waals surface area contributed by atoms with Gasteiger partial charge in [0.25, 0.3) is 0 Å². The minimum Gasteiger partial charge on any atom is -0.467 e. The zero-order chi connectivity index (χ0) is 20.4. The Morgan fingerprint density at radius 1 is 1.21 bits per heavy atom. The largest absolute Gasteiger partial charge is 0.467 e. The third-order valence-corrected chi connectivity index (χ3v) is 5.44. The third kappa shape index (κ3) is 3.59. The first kappa shape index (κ1) is 19.4. The van der Waals surface area contributed by atoms with E-state index in [0.29, 0.717) is 36.9 Å². The van der Waals surface area contributed by atoms with Gasteiger partial charge in [-0.2, -0.15) is 4.40 Å². The van der Waals surface area contributed by atoms with Crippen molar-refractivity contribution in [3.63, 3.8) is 0 Å². The van der Waals surface area contributed by atoms with E-state index in [1.165, 1.54) is 7.11 Å². The Morgan fingerprint density at radius 2 is 2.00 bits per heavy atom. The van der Waals surface area contributed by atoms with Crippen molar-refractivity contribution in [2.24, 2.45) is 0 Å². The van der Waals surface area contributed by atoms with Crippen LogP contribution in [0.5, 0.6) is 0 Å². The van der Waals surface area contributed by atoms with Gasteiger partial charge in [0.05, 0.1) is 13.3 Å². The van der Waals surface area contributed by atoms with Crippen molar-refractivity contribution < 1.29 is 23.5 Å². The number of carbonyl (C=O) groups excluding carboxylic acids is 2. The minimum atomic E-state index is -1.10. The van der Waals surface area contributed by atoms with Crippen LogP contribution < -0.4 is 9.72 Å². The molecule has 0 aliphatic carbocycles. The Balaban J connectivity index is 1.76. The predicted octanol–water partition coefficient (Wildman–Crippen LogP) is 2.53. The normalized spacial score (nSPS) is 15.8. The van der Waals surface area contributed by atoms with Crippen LogP contribution in [0.4, 0.5) is 0 Å². The molecule has 3 aromatic rings. The van der Waals surface area contributed by atoms with E-state index < -0.39 is 17.4 Å². The van der Waals surface area contributed by atoms with Gasteiger partial charge in [-0.1, -0.05) is 29.8 Å². The number of nitrogens with one attached hydrogen (secondary N) is 2. The molecule has 0 bridgehead atoms. The smallest absolute Gasteiger partial charge is 0.351 e. The molecule has 8 heteroatoms. The van der Waals surface area contributed by atoms with E-state index in [9.17, 15) is 9.59 Å². The van der Waals surface area contributed by atoms with Crippen molar-refractivity contribution in [1.29, 1.82) is 0 Å². The van der Waals surface area contributed by atoms with Crippen LogP contribution in [0.2, 0.25) is 5.02 Å². The minimum absolute atomic E-state index is 0.311. The second-order valence-corrected chi connectivity index (χ2v) is 7.39. The number of imidazole rings is 1. The lowest BCUT2D eigenvalue weighted by Gasteiger charge is -2.34. The van der Waals surface area contributed by atoms with E-state index in [4.69, 9.17) is 21.1 Å². The van der Waals surface area contributed by atoms with E-state index in [1.54, 1.807) is 16.7 Å². The molecule has 1 fully saturated rings. The number of hydrogen-bond donors (Lipinski definition) is 2. The number of aromatic amines is 1. The lowest BCUT2D eigenvalue weighted by Crippen LogP contribution is -2.59. The van der Waals surface area contributed by atoms with E-state index in [-0.39, 0.29) is 0 Å². The number of rotatable bonds is 4. The Morgan fingerprint density at radius 3 is 2.72 bits per heavy atom. The maximum atomic E-state index is 13.2. The molecule has 0 saturated carbocycles. The van der Waals surface area contributed by atoms with Gasteiger partial charge in [-0.15, -0.1) is 0 Å². The maximum Gasteiger partial charge on any atom is 0.351 e. The van der Waals surface area contributed by atoms with Crippen LogP contribution in [0.15, 0.2) is 48.7 Å². The Kier molecular flexibility index (Phi) is 5.25. The number of amides is 1. The first-order valence-corrected chi connectivity index (χ1v) is 9.69. The number of halogens is 1. The SMILES string of the molecule is COC(=O)C1(NC(=O)c2[nH]c(-c3cccc(Cl)c3)c3cccc[n+]23)CCOCC1. The standard InChI is InChI=1S/C21H20ClN3O4/c1-28-20(27)21(8-11-29-12-9-21)24-19(26)18-23-17(14-5-4-6-15(22)13-14)16-7-2-3-10-25(16)18/h2-7,10,13H,8-9,11-12H2,1H3,(H,24,26)/p+1. The lowest BCUT2D eigenvalue weighted by atomic mass is 9.90. The average Bonchev–Trinajstić information content (AvgIpc) is 3.14. The molecule has 150 valence electrons. The molecule has 2 N–H and O–H groups in total. The number of fused-ring (bicyclic) bond motifs is 1. The zero-order valence-corrected chi connectivity index (χ0v) is 16.7. The summed E-state index contributed by atoms with van der Waals surface area (Å²) in [7, 11) is 1.32. The Labute approximate surface area is 172 Å². The highest BCUT2D eigenvalue weighted by Crippen LogP contribution is 2.26. The van der Waals surface area contributed by atoms with Crippen molar-refractivity contribution >= 4 is 29.0 Å². The van der Waals surface area contributed by atoms with Gasteiger partial charge in [-0.25, -0.2) is 9.78 Å². The van der Waals surface area contributed by atoms with Gasteiger partial charge >= 0.3 is 17.7 Å². The molecule has 2 aromatic heterocycles.